The molecular weight excluding hydrogens is 857 g/mol. The number of aromatic amines is 1. The van der Waals surface area contributed by atoms with E-state index in [0.717, 1.165) is 49.0 Å². The fraction of sp³-hybridized carbons (Fsp3) is 0.522. The summed E-state index contributed by atoms with van der Waals surface area (Å²) in [5.74, 6) is -0.691. The second kappa shape index (κ2) is 16.1. The third-order valence-electron chi connectivity index (χ3n) is 14.4. The molecule has 6 aliphatic rings. The van der Waals surface area contributed by atoms with Gasteiger partial charge in [0.15, 0.2) is 0 Å². The number of benzene rings is 2. The maximum atomic E-state index is 15.3. The molecule has 4 aromatic rings. The Labute approximate surface area is 368 Å². The number of carbonyl (C=O) groups excluding carboxylic acids is 1. The number of amides is 1. The van der Waals surface area contributed by atoms with Crippen LogP contribution in [0.25, 0.3) is 11.0 Å². The lowest BCUT2D eigenvalue weighted by Crippen LogP contribution is -2.69. The Morgan fingerprint density at radius 1 is 1.02 bits per heavy atom. The highest BCUT2D eigenvalue weighted by Gasteiger charge is 2.79. The summed E-state index contributed by atoms with van der Waals surface area (Å²) >= 11 is 0. The van der Waals surface area contributed by atoms with Crippen LogP contribution in [0.5, 0.6) is 11.5 Å². The quantitative estimate of drug-likeness (QED) is 0.0573. The highest BCUT2D eigenvalue weighted by molar-refractivity contribution is 7.90. The van der Waals surface area contributed by atoms with Gasteiger partial charge in [-0.15, -0.1) is 0 Å². The number of aromatic nitrogens is 2. The number of nitro groups is 1. The molecule has 4 aliphatic carbocycles. The molecule has 2 aromatic carbocycles. The van der Waals surface area contributed by atoms with E-state index in [1.807, 2.05) is 0 Å². The van der Waals surface area contributed by atoms with Crippen LogP contribution in [-0.4, -0.2) is 91.9 Å². The summed E-state index contributed by atoms with van der Waals surface area (Å²) in [7, 11) is -4.65. The number of H-pyrrole nitrogens is 1. The van der Waals surface area contributed by atoms with Gasteiger partial charge in [-0.3, -0.25) is 19.8 Å². The van der Waals surface area contributed by atoms with Gasteiger partial charge in [0, 0.05) is 93.7 Å². The average Bonchev–Trinajstić information content (AvgIpc) is 3.68. The summed E-state index contributed by atoms with van der Waals surface area (Å²) in [5.41, 5.74) is 0.139. The van der Waals surface area contributed by atoms with Crippen LogP contribution in [-0.2, 0) is 21.2 Å². The maximum Gasteiger partial charge on any atom is 0.394 e. The molecule has 2 N–H and O–H groups in total. The number of carbonyl (C=O) groups is 1. The predicted octanol–water partition coefficient (Wildman–Crippen LogP) is 9.19. The van der Waals surface area contributed by atoms with E-state index in [1.165, 1.54) is 29.5 Å². The standard InChI is InChI=1S/C46H52F4N6O7S/c1-42(2)10-7-32(37(24-42)43-27-44(28-43,29-43)46(48,49)50)26-54-15-17-55(18-16-54)33-4-6-36(39(22-33)63-34-21-31-9-14-51-40(31)52-25-34)41(57)53-64(60,61)35-5-3-30(38(23-35)56(58)59)8-11-45(47)12-19-62-20-13-45/h3-6,9,14,21-23,25H,7-8,10-13,15-20,24,26-29H2,1-2H3,(H,51,52)(H,53,57). The van der Waals surface area contributed by atoms with E-state index < -0.39 is 48.7 Å². The molecule has 2 aromatic heterocycles. The Kier molecular flexibility index (Phi) is 11.1. The molecule has 10 rings (SSSR count). The zero-order valence-corrected chi connectivity index (χ0v) is 36.7. The Morgan fingerprint density at radius 2 is 1.75 bits per heavy atom. The number of allylic oxidation sites excluding steroid dienone is 1. The van der Waals surface area contributed by atoms with E-state index in [-0.39, 0.29) is 91.6 Å². The van der Waals surface area contributed by atoms with Gasteiger partial charge in [0.2, 0.25) is 0 Å². The SMILES string of the molecule is CC1(C)CCC(CN2CCN(c3ccc(C(=O)NS(=O)(=O)c4ccc(CCC5(F)CCOCC5)c([N+](=O)[O-])c4)c(Oc4cnc5[nH]ccc5c4)c3)CC2)=C(C23CC(C(F)(F)F)(C2)C3)C1. The number of nitrogens with zero attached hydrogens (tertiary/aromatic N) is 4. The summed E-state index contributed by atoms with van der Waals surface area (Å²) in [6, 6.07) is 11.7. The van der Waals surface area contributed by atoms with Crippen LogP contribution in [0.15, 0.2) is 77.0 Å². The lowest BCUT2D eigenvalue weighted by Gasteiger charge is -2.72. The van der Waals surface area contributed by atoms with Crippen molar-refractivity contribution in [3.63, 3.8) is 0 Å². The highest BCUT2D eigenvalue weighted by Crippen LogP contribution is 2.82. The fourth-order valence-electron chi connectivity index (χ4n) is 10.7. The average molecular weight is 909 g/mol. The van der Waals surface area contributed by atoms with Gasteiger partial charge in [-0.05, 0) is 92.5 Å². The first-order valence-electron chi connectivity index (χ1n) is 21.9. The van der Waals surface area contributed by atoms with Gasteiger partial charge in [0.1, 0.15) is 22.8 Å². The zero-order valence-electron chi connectivity index (χ0n) is 35.9. The van der Waals surface area contributed by atoms with Crippen molar-refractivity contribution >= 4 is 38.3 Å². The third-order valence-corrected chi connectivity index (χ3v) is 15.8. The molecule has 1 amide bonds. The largest absolute Gasteiger partial charge is 0.455 e. The van der Waals surface area contributed by atoms with Crippen molar-refractivity contribution in [2.75, 3.05) is 50.8 Å². The summed E-state index contributed by atoms with van der Waals surface area (Å²) < 4.78 is 97.7. The summed E-state index contributed by atoms with van der Waals surface area (Å²) in [4.78, 5) is 36.7. The number of alkyl halides is 4. The molecule has 64 heavy (non-hydrogen) atoms. The molecule has 5 fully saturated rings. The van der Waals surface area contributed by atoms with E-state index in [4.69, 9.17) is 9.47 Å². The number of piperazine rings is 1. The number of pyridine rings is 1. The number of nitro benzene ring substituents is 1. The zero-order chi connectivity index (χ0) is 45.3. The number of nitrogens with one attached hydrogen (secondary N) is 2. The first kappa shape index (κ1) is 44.1. The topological polar surface area (TPSA) is 160 Å². The maximum absolute atomic E-state index is 15.3. The molecule has 342 valence electrons. The number of fused-ring (bicyclic) bond motifs is 1. The molecular formula is C46H52F4N6O7S. The summed E-state index contributed by atoms with van der Waals surface area (Å²) in [5, 5.41) is 12.8. The van der Waals surface area contributed by atoms with Crippen LogP contribution in [0.1, 0.15) is 87.6 Å². The molecule has 13 nitrogen and oxygen atoms in total. The second-order valence-electron chi connectivity index (χ2n) is 19.4. The van der Waals surface area contributed by atoms with Crippen molar-refractivity contribution in [1.29, 1.82) is 0 Å². The van der Waals surface area contributed by atoms with E-state index in [2.05, 4.69) is 38.3 Å². The van der Waals surface area contributed by atoms with Crippen LogP contribution in [0.2, 0.25) is 0 Å². The van der Waals surface area contributed by atoms with Crippen molar-refractivity contribution in [2.45, 2.75) is 94.8 Å². The van der Waals surface area contributed by atoms with Crippen molar-refractivity contribution < 1.29 is 45.2 Å². The van der Waals surface area contributed by atoms with Crippen LogP contribution >= 0.6 is 0 Å². The number of rotatable bonds is 13. The van der Waals surface area contributed by atoms with Crippen molar-refractivity contribution in [3.8, 4) is 11.5 Å². The van der Waals surface area contributed by atoms with Gasteiger partial charge in [-0.2, -0.15) is 13.2 Å². The van der Waals surface area contributed by atoms with Crippen LogP contribution in [0, 0.1) is 26.4 Å². The lowest BCUT2D eigenvalue weighted by molar-refractivity contribution is -0.385. The molecule has 3 saturated carbocycles. The van der Waals surface area contributed by atoms with Gasteiger partial charge in [0.05, 0.1) is 27.0 Å². The van der Waals surface area contributed by atoms with Gasteiger partial charge in [0.25, 0.3) is 21.6 Å². The number of halogens is 4. The molecule has 0 spiro atoms. The smallest absolute Gasteiger partial charge is 0.394 e. The Morgan fingerprint density at radius 3 is 2.45 bits per heavy atom. The molecule has 0 radical (unpaired) electrons. The van der Waals surface area contributed by atoms with Crippen molar-refractivity contribution in [2.24, 2.45) is 16.2 Å². The number of sulfonamides is 1. The number of hydrogen-bond acceptors (Lipinski definition) is 10. The van der Waals surface area contributed by atoms with Gasteiger partial charge in [-0.25, -0.2) is 22.5 Å². The van der Waals surface area contributed by atoms with Crippen LogP contribution in [0.4, 0.5) is 28.9 Å². The van der Waals surface area contributed by atoms with E-state index in [0.29, 0.717) is 31.8 Å². The minimum absolute atomic E-state index is 0.0107. The van der Waals surface area contributed by atoms with E-state index in [9.17, 15) is 36.5 Å². The summed E-state index contributed by atoms with van der Waals surface area (Å²) in [6.45, 7) is 8.26. The lowest BCUT2D eigenvalue weighted by atomic mass is 9.31. The summed E-state index contributed by atoms with van der Waals surface area (Å²) in [6.07, 6.45) is 2.73. The Hall–Kier alpha value is -5.07. The highest BCUT2D eigenvalue weighted by atomic mass is 32.2. The van der Waals surface area contributed by atoms with E-state index >= 15 is 4.39 Å². The normalized spacial score (nSPS) is 24.5. The van der Waals surface area contributed by atoms with E-state index in [1.54, 1.807) is 30.5 Å². The van der Waals surface area contributed by atoms with Crippen LogP contribution in [0.3, 0.4) is 0 Å². The van der Waals surface area contributed by atoms with Gasteiger partial charge >= 0.3 is 6.18 Å². The van der Waals surface area contributed by atoms with Crippen molar-refractivity contribution in [3.05, 3.63) is 93.3 Å². The Bertz CT molecular complexity index is 2610. The third kappa shape index (κ3) is 8.48. The molecule has 0 unspecified atom stereocenters. The molecule has 2 bridgehead atoms. The molecule has 0 atom stereocenters. The predicted molar refractivity (Wildman–Crippen MR) is 231 cm³/mol. The minimum atomic E-state index is -4.65. The number of anilines is 1. The number of ether oxygens (including phenoxy) is 2. The Balaban J connectivity index is 0.918. The second-order valence-corrected chi connectivity index (χ2v) is 21.1. The molecule has 2 saturated heterocycles. The molecule has 2 aliphatic heterocycles. The van der Waals surface area contributed by atoms with Crippen LogP contribution < -0.4 is 14.4 Å². The van der Waals surface area contributed by atoms with Gasteiger partial charge < -0.3 is 19.4 Å². The fourth-order valence-corrected chi connectivity index (χ4v) is 11.7. The first-order chi connectivity index (χ1) is 30.2. The van der Waals surface area contributed by atoms with Gasteiger partial charge in [-0.1, -0.05) is 31.1 Å². The molecule has 4 heterocycles. The number of hydrogen-bond donors (Lipinski definition) is 2. The molecule has 18 heteroatoms. The minimum Gasteiger partial charge on any atom is -0.455 e. The number of aryl methyl sites for hydroxylation is 1. The monoisotopic (exact) mass is 908 g/mol. The first-order valence-corrected chi connectivity index (χ1v) is 23.4. The van der Waals surface area contributed by atoms with Crippen molar-refractivity contribution in [1.82, 2.24) is 19.6 Å².